The zero-order chi connectivity index (χ0) is 10.1. The molecular weight excluding hydrogens is 204 g/mol. The molecule has 0 unspecified atom stereocenters. The van der Waals surface area contributed by atoms with Crippen LogP contribution in [0.3, 0.4) is 0 Å². The van der Waals surface area contributed by atoms with Gasteiger partial charge in [0.2, 0.25) is 0 Å². The lowest BCUT2D eigenvalue weighted by Crippen LogP contribution is -2.42. The Bertz CT molecular complexity index is 312. The summed E-state index contributed by atoms with van der Waals surface area (Å²) in [6, 6.07) is 0.846. The van der Waals surface area contributed by atoms with Crippen molar-refractivity contribution in [1.82, 2.24) is 10.3 Å². The van der Waals surface area contributed by atoms with E-state index in [1.165, 1.54) is 50.1 Å². The van der Waals surface area contributed by atoms with E-state index in [1.807, 2.05) is 17.5 Å². The SMILES string of the molecule is c1csc(CC2(CNC3CC3)CCC2)n1. The van der Waals surface area contributed by atoms with Crippen LogP contribution in [0.2, 0.25) is 0 Å². The topological polar surface area (TPSA) is 24.9 Å². The summed E-state index contributed by atoms with van der Waals surface area (Å²) in [7, 11) is 0. The Morgan fingerprint density at radius 2 is 2.33 bits per heavy atom. The summed E-state index contributed by atoms with van der Waals surface area (Å²) in [6.45, 7) is 1.22. The molecule has 0 bridgehead atoms. The fraction of sp³-hybridized carbons (Fsp3) is 0.750. The lowest BCUT2D eigenvalue weighted by Gasteiger charge is -2.42. The maximum Gasteiger partial charge on any atom is 0.0930 e. The summed E-state index contributed by atoms with van der Waals surface area (Å²) < 4.78 is 0. The molecule has 1 N–H and O–H groups in total. The second-order valence-electron chi connectivity index (χ2n) is 5.11. The van der Waals surface area contributed by atoms with Gasteiger partial charge in [0, 0.05) is 30.6 Å². The van der Waals surface area contributed by atoms with Crippen LogP contribution in [0.1, 0.15) is 37.1 Å². The summed E-state index contributed by atoms with van der Waals surface area (Å²) in [4.78, 5) is 4.42. The normalized spacial score (nSPS) is 23.7. The third-order valence-corrected chi connectivity index (χ3v) is 4.55. The zero-order valence-corrected chi connectivity index (χ0v) is 9.85. The third-order valence-electron chi connectivity index (χ3n) is 3.77. The van der Waals surface area contributed by atoms with Crippen LogP contribution >= 0.6 is 11.3 Å². The van der Waals surface area contributed by atoms with Crippen LogP contribution in [-0.2, 0) is 6.42 Å². The van der Waals surface area contributed by atoms with Gasteiger partial charge < -0.3 is 5.32 Å². The molecule has 2 aliphatic carbocycles. The monoisotopic (exact) mass is 222 g/mol. The van der Waals surface area contributed by atoms with Gasteiger partial charge in [-0.3, -0.25) is 0 Å². The second-order valence-corrected chi connectivity index (χ2v) is 6.09. The van der Waals surface area contributed by atoms with E-state index in [4.69, 9.17) is 0 Å². The third kappa shape index (κ3) is 2.23. The Hall–Kier alpha value is -0.410. The molecule has 2 fully saturated rings. The zero-order valence-electron chi connectivity index (χ0n) is 9.04. The van der Waals surface area contributed by atoms with Crippen molar-refractivity contribution in [1.29, 1.82) is 0 Å². The van der Waals surface area contributed by atoms with E-state index in [2.05, 4.69) is 15.7 Å². The molecule has 0 saturated heterocycles. The Balaban J connectivity index is 1.58. The molecule has 1 aromatic heterocycles. The summed E-state index contributed by atoms with van der Waals surface area (Å²) >= 11 is 1.81. The van der Waals surface area contributed by atoms with Crippen molar-refractivity contribution < 1.29 is 0 Å². The number of nitrogens with zero attached hydrogens (tertiary/aromatic N) is 1. The Kier molecular flexibility index (Phi) is 2.53. The van der Waals surface area contributed by atoms with Crippen molar-refractivity contribution in [2.45, 2.75) is 44.6 Å². The predicted molar refractivity (Wildman–Crippen MR) is 63.1 cm³/mol. The quantitative estimate of drug-likeness (QED) is 0.828. The molecule has 82 valence electrons. The van der Waals surface area contributed by atoms with Gasteiger partial charge in [0.25, 0.3) is 0 Å². The molecule has 3 heteroatoms. The molecule has 2 saturated carbocycles. The maximum atomic E-state index is 4.42. The summed E-state index contributed by atoms with van der Waals surface area (Å²) in [5, 5.41) is 7.11. The minimum atomic E-state index is 0.556. The number of hydrogen-bond acceptors (Lipinski definition) is 3. The minimum Gasteiger partial charge on any atom is -0.313 e. The summed E-state index contributed by atoms with van der Waals surface area (Å²) in [6.07, 6.45) is 10.1. The molecule has 0 aromatic carbocycles. The average Bonchev–Trinajstić information content (AvgIpc) is 2.87. The molecular formula is C12H18N2S. The van der Waals surface area contributed by atoms with Crippen LogP contribution in [-0.4, -0.2) is 17.6 Å². The molecule has 3 rings (SSSR count). The maximum absolute atomic E-state index is 4.42. The highest BCUT2D eigenvalue weighted by atomic mass is 32.1. The summed E-state index contributed by atoms with van der Waals surface area (Å²) in [5.41, 5.74) is 0.556. The van der Waals surface area contributed by atoms with Crippen LogP contribution in [0.25, 0.3) is 0 Å². The van der Waals surface area contributed by atoms with Gasteiger partial charge in [0.1, 0.15) is 0 Å². The standard InChI is InChI=1S/C12H18N2S/c1-4-12(5-1,9-14-10-2-3-10)8-11-13-6-7-15-11/h6-7,10,14H,1-5,8-9H2. The van der Waals surface area contributed by atoms with Gasteiger partial charge in [0.05, 0.1) is 5.01 Å². The molecule has 0 radical (unpaired) electrons. The molecule has 0 atom stereocenters. The molecule has 0 amide bonds. The highest BCUT2D eigenvalue weighted by molar-refractivity contribution is 7.09. The highest BCUT2D eigenvalue weighted by Crippen LogP contribution is 2.43. The van der Waals surface area contributed by atoms with E-state index in [9.17, 15) is 0 Å². The fourth-order valence-corrected chi connectivity index (χ4v) is 3.19. The van der Waals surface area contributed by atoms with E-state index in [-0.39, 0.29) is 0 Å². The lowest BCUT2D eigenvalue weighted by molar-refractivity contribution is 0.129. The van der Waals surface area contributed by atoms with E-state index in [1.54, 1.807) is 0 Å². The Morgan fingerprint density at radius 1 is 1.47 bits per heavy atom. The largest absolute Gasteiger partial charge is 0.313 e. The second kappa shape index (κ2) is 3.87. The van der Waals surface area contributed by atoms with Crippen molar-refractivity contribution >= 4 is 11.3 Å². The number of nitrogens with one attached hydrogen (secondary N) is 1. The molecule has 0 spiro atoms. The first kappa shape index (κ1) is 9.79. The van der Waals surface area contributed by atoms with Crippen molar-refractivity contribution in [2.75, 3.05) is 6.54 Å². The Labute approximate surface area is 95.1 Å². The predicted octanol–water partition coefficient (Wildman–Crippen LogP) is 2.61. The minimum absolute atomic E-state index is 0.556. The van der Waals surface area contributed by atoms with E-state index in [0.29, 0.717) is 5.41 Å². The van der Waals surface area contributed by atoms with Gasteiger partial charge in [-0.15, -0.1) is 11.3 Å². The van der Waals surface area contributed by atoms with Crippen molar-refractivity contribution in [3.05, 3.63) is 16.6 Å². The van der Waals surface area contributed by atoms with E-state index in [0.717, 1.165) is 6.04 Å². The molecule has 2 aliphatic rings. The van der Waals surface area contributed by atoms with E-state index >= 15 is 0 Å². The molecule has 15 heavy (non-hydrogen) atoms. The first-order valence-corrected chi connectivity index (χ1v) is 6.86. The molecule has 1 heterocycles. The van der Waals surface area contributed by atoms with Gasteiger partial charge in [-0.05, 0) is 31.1 Å². The highest BCUT2D eigenvalue weighted by Gasteiger charge is 2.38. The number of thiazole rings is 1. The van der Waals surface area contributed by atoms with Crippen LogP contribution in [0.5, 0.6) is 0 Å². The number of aromatic nitrogens is 1. The number of hydrogen-bond donors (Lipinski definition) is 1. The number of rotatable bonds is 5. The average molecular weight is 222 g/mol. The van der Waals surface area contributed by atoms with Crippen LogP contribution < -0.4 is 5.32 Å². The van der Waals surface area contributed by atoms with E-state index < -0.39 is 0 Å². The Morgan fingerprint density at radius 3 is 2.87 bits per heavy atom. The van der Waals surface area contributed by atoms with Crippen molar-refractivity contribution in [3.63, 3.8) is 0 Å². The molecule has 2 nitrogen and oxygen atoms in total. The van der Waals surface area contributed by atoms with Crippen LogP contribution in [0.4, 0.5) is 0 Å². The van der Waals surface area contributed by atoms with Crippen molar-refractivity contribution in [2.24, 2.45) is 5.41 Å². The lowest BCUT2D eigenvalue weighted by atomic mass is 9.66. The summed E-state index contributed by atoms with van der Waals surface area (Å²) in [5.74, 6) is 0. The van der Waals surface area contributed by atoms with Crippen LogP contribution in [0.15, 0.2) is 11.6 Å². The van der Waals surface area contributed by atoms with Crippen molar-refractivity contribution in [3.8, 4) is 0 Å². The smallest absolute Gasteiger partial charge is 0.0930 e. The van der Waals surface area contributed by atoms with Gasteiger partial charge in [0.15, 0.2) is 0 Å². The van der Waals surface area contributed by atoms with Gasteiger partial charge in [-0.25, -0.2) is 4.98 Å². The van der Waals surface area contributed by atoms with Crippen LogP contribution in [0, 0.1) is 5.41 Å². The molecule has 1 aromatic rings. The van der Waals surface area contributed by atoms with Gasteiger partial charge >= 0.3 is 0 Å². The first-order chi connectivity index (χ1) is 7.36. The van der Waals surface area contributed by atoms with Gasteiger partial charge in [-0.2, -0.15) is 0 Å². The fourth-order valence-electron chi connectivity index (χ4n) is 2.40. The van der Waals surface area contributed by atoms with Gasteiger partial charge in [-0.1, -0.05) is 6.42 Å². The first-order valence-electron chi connectivity index (χ1n) is 5.98. The molecule has 0 aliphatic heterocycles.